The van der Waals surface area contributed by atoms with Gasteiger partial charge in [0.15, 0.2) is 0 Å². The number of carbonyl (C=O) groups excluding carboxylic acids is 3. The van der Waals surface area contributed by atoms with Crippen LogP contribution in [0, 0.1) is 22.6 Å². The highest BCUT2D eigenvalue weighted by molar-refractivity contribution is 6.07. The van der Waals surface area contributed by atoms with Crippen LogP contribution >= 0.6 is 0 Å². The summed E-state index contributed by atoms with van der Waals surface area (Å²) in [5, 5.41) is 19.2. The molecule has 3 aromatic rings. The summed E-state index contributed by atoms with van der Waals surface area (Å²) in [5.41, 5.74) is 1.57. The number of amides is 3. The fraction of sp³-hybridized carbons (Fsp3) is 0.353. The van der Waals surface area contributed by atoms with Crippen LogP contribution in [0.3, 0.4) is 0 Å². The maximum absolute atomic E-state index is 14.2. The Hall–Kier alpha value is -4.71. The predicted molar refractivity (Wildman–Crippen MR) is 162 cm³/mol. The van der Waals surface area contributed by atoms with Gasteiger partial charge in [0.2, 0.25) is 17.7 Å². The second-order valence-corrected chi connectivity index (χ2v) is 12.6. The summed E-state index contributed by atoms with van der Waals surface area (Å²) in [5.74, 6) is -1.42. The highest BCUT2D eigenvalue weighted by atomic mass is 19.1. The van der Waals surface area contributed by atoms with E-state index in [1.165, 1.54) is 17.0 Å². The van der Waals surface area contributed by atoms with Crippen LogP contribution in [0.25, 0.3) is 0 Å². The van der Waals surface area contributed by atoms with Crippen molar-refractivity contribution in [1.82, 2.24) is 10.2 Å². The first-order chi connectivity index (χ1) is 20.5. The molecular weight excluding hydrogens is 545 g/mol. The van der Waals surface area contributed by atoms with E-state index in [-0.39, 0.29) is 30.1 Å². The van der Waals surface area contributed by atoms with Gasteiger partial charge in [0.1, 0.15) is 23.9 Å². The number of rotatable bonds is 8. The van der Waals surface area contributed by atoms with Crippen LogP contribution in [0.2, 0.25) is 0 Å². The molecule has 222 valence electrons. The summed E-state index contributed by atoms with van der Waals surface area (Å²) >= 11 is 0. The van der Waals surface area contributed by atoms with E-state index in [0.29, 0.717) is 24.2 Å². The van der Waals surface area contributed by atoms with Crippen LogP contribution < -0.4 is 16.0 Å². The average Bonchev–Trinajstić information content (AvgIpc) is 3.50. The molecule has 2 aliphatic rings. The topological polar surface area (TPSA) is 114 Å². The number of hydrogen-bond acceptors (Lipinski definition) is 5. The van der Waals surface area contributed by atoms with Crippen molar-refractivity contribution in [2.75, 3.05) is 17.2 Å². The lowest BCUT2D eigenvalue weighted by Gasteiger charge is -2.32. The molecule has 0 saturated carbocycles. The van der Waals surface area contributed by atoms with E-state index in [0.717, 1.165) is 11.1 Å². The lowest BCUT2D eigenvalue weighted by molar-refractivity contribution is -0.137. The van der Waals surface area contributed by atoms with Crippen LogP contribution in [0.15, 0.2) is 78.9 Å². The first-order valence-corrected chi connectivity index (χ1v) is 14.5. The Morgan fingerprint density at radius 1 is 1.05 bits per heavy atom. The molecule has 1 spiro atoms. The Balaban J connectivity index is 1.42. The maximum atomic E-state index is 14.2. The van der Waals surface area contributed by atoms with E-state index in [9.17, 15) is 24.0 Å². The molecule has 1 saturated heterocycles. The Morgan fingerprint density at radius 2 is 1.72 bits per heavy atom. The molecule has 0 aromatic heterocycles. The second-order valence-electron chi connectivity index (χ2n) is 12.6. The number of likely N-dealkylation sites (tertiary alicyclic amines) is 1. The van der Waals surface area contributed by atoms with Crippen LogP contribution in [-0.2, 0) is 26.2 Å². The number of nitrogens with zero attached hydrogens (tertiary/aromatic N) is 2. The van der Waals surface area contributed by atoms with Crippen molar-refractivity contribution in [2.24, 2.45) is 5.41 Å². The summed E-state index contributed by atoms with van der Waals surface area (Å²) in [7, 11) is 0. The van der Waals surface area contributed by atoms with Crippen molar-refractivity contribution in [3.8, 4) is 6.07 Å². The number of nitrogens with one attached hydrogen (secondary N) is 3. The molecule has 0 bridgehead atoms. The molecule has 0 unspecified atom stereocenters. The monoisotopic (exact) mass is 581 g/mol. The minimum Gasteiger partial charge on any atom is -0.373 e. The molecule has 3 aromatic carbocycles. The molecule has 2 aliphatic heterocycles. The lowest BCUT2D eigenvalue weighted by atomic mass is 9.80. The van der Waals surface area contributed by atoms with Crippen molar-refractivity contribution in [1.29, 1.82) is 5.26 Å². The van der Waals surface area contributed by atoms with E-state index >= 15 is 0 Å². The summed E-state index contributed by atoms with van der Waals surface area (Å²) in [6.07, 6.45) is 0.818. The van der Waals surface area contributed by atoms with Crippen LogP contribution in [-0.4, -0.2) is 47.3 Å². The van der Waals surface area contributed by atoms with Crippen molar-refractivity contribution < 1.29 is 18.8 Å². The number of hydrogen-bond donors (Lipinski definition) is 3. The molecule has 1 fully saturated rings. The maximum Gasteiger partial charge on any atom is 0.246 e. The second kappa shape index (κ2) is 11.9. The molecule has 2 heterocycles. The number of benzene rings is 3. The Morgan fingerprint density at radius 3 is 2.40 bits per heavy atom. The molecule has 5 rings (SSSR count). The molecule has 3 amide bonds. The van der Waals surface area contributed by atoms with Crippen LogP contribution in [0.4, 0.5) is 15.8 Å². The minimum atomic E-state index is -1.02. The number of nitriles is 1. The van der Waals surface area contributed by atoms with Crippen molar-refractivity contribution >= 4 is 29.1 Å². The van der Waals surface area contributed by atoms with Gasteiger partial charge in [0.05, 0.1) is 11.5 Å². The standard InChI is InChI=1S/C34H36FN5O3/c1-33(2,3)19-29(31(42)40-21-34(18-25(40)20-36)26-11-7-8-12-27(26)39-32(34)43)38-30(41)28(17-22-9-5-4-6-10-22)37-24-15-13-23(35)14-16-24/h4-16,25,28-29,37H,17-19,21H2,1-3H3,(H,38,41)(H,39,43)/t25-,28-,29-,34-/m0/s1. The van der Waals surface area contributed by atoms with Gasteiger partial charge in [-0.3, -0.25) is 14.4 Å². The molecule has 0 aliphatic carbocycles. The predicted octanol–water partition coefficient (Wildman–Crippen LogP) is 4.78. The summed E-state index contributed by atoms with van der Waals surface area (Å²) in [6.45, 7) is 5.98. The summed E-state index contributed by atoms with van der Waals surface area (Å²) in [4.78, 5) is 42.8. The zero-order valence-corrected chi connectivity index (χ0v) is 24.6. The Kier molecular flexibility index (Phi) is 8.23. The Bertz CT molecular complexity index is 1550. The van der Waals surface area contributed by atoms with Gasteiger partial charge >= 0.3 is 0 Å². The van der Waals surface area contributed by atoms with Crippen molar-refractivity contribution in [3.05, 3.63) is 95.8 Å². The third kappa shape index (κ3) is 6.38. The van der Waals surface area contributed by atoms with Crippen molar-refractivity contribution in [2.45, 2.75) is 63.6 Å². The first kappa shape index (κ1) is 29.8. The van der Waals surface area contributed by atoms with E-state index < -0.39 is 35.4 Å². The highest BCUT2D eigenvalue weighted by Crippen LogP contribution is 2.46. The highest BCUT2D eigenvalue weighted by Gasteiger charge is 2.56. The van der Waals surface area contributed by atoms with E-state index in [4.69, 9.17) is 0 Å². The number of carbonyl (C=O) groups is 3. The summed E-state index contributed by atoms with van der Waals surface area (Å²) < 4.78 is 13.6. The number of fused-ring (bicyclic) bond motifs is 2. The molecule has 4 atom stereocenters. The smallest absolute Gasteiger partial charge is 0.246 e. The largest absolute Gasteiger partial charge is 0.373 e. The van der Waals surface area contributed by atoms with Gasteiger partial charge in [-0.15, -0.1) is 0 Å². The Labute approximate surface area is 251 Å². The van der Waals surface area contributed by atoms with Gasteiger partial charge in [0, 0.05) is 30.8 Å². The van der Waals surface area contributed by atoms with Crippen molar-refractivity contribution in [3.63, 3.8) is 0 Å². The normalized spacial score (nSPS) is 20.6. The zero-order chi connectivity index (χ0) is 30.8. The fourth-order valence-electron chi connectivity index (χ4n) is 6.08. The number of anilines is 2. The zero-order valence-electron chi connectivity index (χ0n) is 24.6. The van der Waals surface area contributed by atoms with Gasteiger partial charge in [-0.25, -0.2) is 4.39 Å². The van der Waals surface area contributed by atoms with Gasteiger partial charge in [-0.05, 0) is 53.3 Å². The molecular formula is C34H36FN5O3. The average molecular weight is 582 g/mol. The molecule has 3 N–H and O–H groups in total. The van der Waals surface area contributed by atoms with E-state index in [1.807, 2.05) is 75.4 Å². The van der Waals surface area contributed by atoms with Gasteiger partial charge in [-0.2, -0.15) is 5.26 Å². The van der Waals surface area contributed by atoms with Crippen LogP contribution in [0.5, 0.6) is 0 Å². The molecule has 0 radical (unpaired) electrons. The molecule has 9 heteroatoms. The quantitative estimate of drug-likeness (QED) is 0.354. The minimum absolute atomic E-state index is 0.0463. The van der Waals surface area contributed by atoms with Crippen LogP contribution in [0.1, 0.15) is 44.7 Å². The number of halogens is 1. The summed E-state index contributed by atoms with van der Waals surface area (Å²) in [6, 6.07) is 22.3. The van der Waals surface area contributed by atoms with Gasteiger partial charge in [0.25, 0.3) is 0 Å². The fourth-order valence-corrected chi connectivity index (χ4v) is 6.08. The van der Waals surface area contributed by atoms with E-state index in [2.05, 4.69) is 22.0 Å². The molecule has 43 heavy (non-hydrogen) atoms. The third-order valence-corrected chi connectivity index (χ3v) is 8.13. The SMILES string of the molecule is CC(C)(C)C[C@H](NC(=O)[C@H](Cc1ccccc1)Nc1ccc(F)cc1)C(=O)N1C[C@]2(C[C@H]1C#N)C(=O)Nc1ccccc12. The van der Waals surface area contributed by atoms with Gasteiger partial charge in [-0.1, -0.05) is 69.3 Å². The van der Waals surface area contributed by atoms with Gasteiger partial charge < -0.3 is 20.9 Å². The van der Waals surface area contributed by atoms with E-state index in [1.54, 1.807) is 12.1 Å². The third-order valence-electron chi connectivity index (χ3n) is 8.13. The lowest BCUT2D eigenvalue weighted by Crippen LogP contribution is -2.55. The number of para-hydroxylation sites is 1. The first-order valence-electron chi connectivity index (χ1n) is 14.5. The molecule has 8 nitrogen and oxygen atoms in total.